The second-order valence-corrected chi connectivity index (χ2v) is 3.17. The van der Waals surface area contributed by atoms with Gasteiger partial charge in [0.1, 0.15) is 0 Å². The van der Waals surface area contributed by atoms with Gasteiger partial charge >= 0.3 is 0 Å². The lowest BCUT2D eigenvalue weighted by Crippen LogP contribution is -2.11. The van der Waals surface area contributed by atoms with Crippen LogP contribution in [0.25, 0.3) is 0 Å². The van der Waals surface area contributed by atoms with Crippen molar-refractivity contribution in [2.75, 3.05) is 13.2 Å². The van der Waals surface area contributed by atoms with Gasteiger partial charge in [0.15, 0.2) is 0 Å². The molecular weight excluding hydrogens is 140 g/mol. The van der Waals surface area contributed by atoms with Gasteiger partial charge < -0.3 is 9.84 Å². The third-order valence-electron chi connectivity index (χ3n) is 1.81. The fourth-order valence-electron chi connectivity index (χ4n) is 0.895. The summed E-state index contributed by atoms with van der Waals surface area (Å²) in [6.45, 7) is 7.21. The molecule has 0 aliphatic heterocycles. The molecule has 2 heteroatoms. The zero-order valence-electron chi connectivity index (χ0n) is 7.84. The first-order valence-electron chi connectivity index (χ1n) is 4.43. The zero-order chi connectivity index (χ0) is 8.69. The molecule has 0 spiro atoms. The van der Waals surface area contributed by atoms with Crippen molar-refractivity contribution in [3.8, 4) is 0 Å². The van der Waals surface area contributed by atoms with Crippen LogP contribution in [-0.2, 0) is 4.74 Å². The van der Waals surface area contributed by atoms with Gasteiger partial charge in [-0.15, -0.1) is 0 Å². The largest absolute Gasteiger partial charge is 0.396 e. The molecule has 0 aromatic carbocycles. The van der Waals surface area contributed by atoms with E-state index in [4.69, 9.17) is 9.84 Å². The molecule has 0 aliphatic rings. The summed E-state index contributed by atoms with van der Waals surface area (Å²) in [4.78, 5) is 0. The highest BCUT2D eigenvalue weighted by atomic mass is 16.5. The Morgan fingerprint density at radius 3 is 2.36 bits per heavy atom. The molecule has 0 amide bonds. The molecule has 0 aliphatic carbocycles. The summed E-state index contributed by atoms with van der Waals surface area (Å²) in [7, 11) is 0. The second kappa shape index (κ2) is 6.62. The zero-order valence-corrected chi connectivity index (χ0v) is 7.84. The van der Waals surface area contributed by atoms with Crippen LogP contribution in [0.4, 0.5) is 0 Å². The number of aliphatic hydroxyl groups excluding tert-OH is 1. The van der Waals surface area contributed by atoms with Crippen molar-refractivity contribution >= 4 is 0 Å². The fraction of sp³-hybridized carbons (Fsp3) is 1.00. The predicted molar refractivity (Wildman–Crippen MR) is 46.6 cm³/mol. The Balaban J connectivity index is 3.21. The Morgan fingerprint density at radius 2 is 2.00 bits per heavy atom. The van der Waals surface area contributed by atoms with Gasteiger partial charge in [0.05, 0.1) is 6.10 Å². The molecule has 0 fully saturated rings. The summed E-state index contributed by atoms with van der Waals surface area (Å²) in [5, 5.41) is 8.84. The molecule has 0 saturated carbocycles. The normalized spacial score (nSPS) is 13.9. The van der Waals surface area contributed by atoms with Crippen LogP contribution in [0.1, 0.15) is 33.6 Å². The first-order valence-corrected chi connectivity index (χ1v) is 4.43. The highest BCUT2D eigenvalue weighted by Crippen LogP contribution is 2.07. The van der Waals surface area contributed by atoms with Gasteiger partial charge in [-0.25, -0.2) is 0 Å². The molecule has 2 nitrogen and oxygen atoms in total. The molecule has 0 radical (unpaired) electrons. The molecular formula is C9H20O2. The highest BCUT2D eigenvalue weighted by Gasteiger charge is 2.04. The van der Waals surface area contributed by atoms with E-state index >= 15 is 0 Å². The summed E-state index contributed by atoms with van der Waals surface area (Å²) in [5.41, 5.74) is 0. The van der Waals surface area contributed by atoms with Crippen LogP contribution in [0.15, 0.2) is 0 Å². The molecule has 0 saturated heterocycles. The van der Waals surface area contributed by atoms with Crippen LogP contribution in [0, 0.1) is 5.92 Å². The molecule has 0 aromatic heterocycles. The van der Waals surface area contributed by atoms with Gasteiger partial charge in [0.2, 0.25) is 0 Å². The van der Waals surface area contributed by atoms with E-state index in [2.05, 4.69) is 6.92 Å². The number of hydrogen-bond acceptors (Lipinski definition) is 2. The monoisotopic (exact) mass is 160 g/mol. The standard InChI is InChI=1S/C9H20O2/c1-4-9(7-10)5-6-11-8(2)3/h8-10H,4-7H2,1-3H3. The topological polar surface area (TPSA) is 29.5 Å². The summed E-state index contributed by atoms with van der Waals surface area (Å²) in [6, 6.07) is 0. The molecule has 0 rings (SSSR count). The van der Waals surface area contributed by atoms with E-state index in [0.29, 0.717) is 12.0 Å². The summed E-state index contributed by atoms with van der Waals surface area (Å²) in [5.74, 6) is 0.425. The summed E-state index contributed by atoms with van der Waals surface area (Å²) in [6.07, 6.45) is 2.33. The van der Waals surface area contributed by atoms with E-state index in [9.17, 15) is 0 Å². The average molecular weight is 160 g/mol. The molecule has 1 atom stereocenters. The maximum atomic E-state index is 8.84. The first-order chi connectivity index (χ1) is 5.20. The van der Waals surface area contributed by atoms with E-state index < -0.39 is 0 Å². The Hall–Kier alpha value is -0.0800. The van der Waals surface area contributed by atoms with Crippen LogP contribution in [0.3, 0.4) is 0 Å². The van der Waals surface area contributed by atoms with Crippen molar-refractivity contribution in [2.24, 2.45) is 5.92 Å². The van der Waals surface area contributed by atoms with Gasteiger partial charge in [-0.1, -0.05) is 13.3 Å². The highest BCUT2D eigenvalue weighted by molar-refractivity contribution is 4.54. The van der Waals surface area contributed by atoms with E-state index in [0.717, 1.165) is 19.4 Å². The third-order valence-corrected chi connectivity index (χ3v) is 1.81. The number of rotatable bonds is 6. The van der Waals surface area contributed by atoms with Gasteiger partial charge in [-0.2, -0.15) is 0 Å². The Morgan fingerprint density at radius 1 is 1.36 bits per heavy atom. The van der Waals surface area contributed by atoms with Crippen molar-refractivity contribution < 1.29 is 9.84 Å². The predicted octanol–water partition coefficient (Wildman–Crippen LogP) is 1.82. The second-order valence-electron chi connectivity index (χ2n) is 3.17. The van der Waals surface area contributed by atoms with Crippen molar-refractivity contribution in [2.45, 2.75) is 39.7 Å². The number of hydrogen-bond donors (Lipinski definition) is 1. The average Bonchev–Trinajstić information content (AvgIpc) is 1.98. The lowest BCUT2D eigenvalue weighted by molar-refractivity contribution is 0.0607. The Bertz CT molecular complexity index is 77.6. The maximum absolute atomic E-state index is 8.84. The van der Waals surface area contributed by atoms with Crippen LogP contribution in [0.2, 0.25) is 0 Å². The minimum Gasteiger partial charge on any atom is -0.396 e. The quantitative estimate of drug-likeness (QED) is 0.642. The minimum atomic E-state index is 0.290. The number of ether oxygens (including phenoxy) is 1. The lowest BCUT2D eigenvalue weighted by atomic mass is 10.0. The summed E-state index contributed by atoms with van der Waals surface area (Å²) < 4.78 is 5.36. The van der Waals surface area contributed by atoms with Gasteiger partial charge in [-0.05, 0) is 26.2 Å². The Kier molecular flexibility index (Phi) is 6.57. The maximum Gasteiger partial charge on any atom is 0.0518 e. The molecule has 0 bridgehead atoms. The molecule has 0 aromatic rings. The lowest BCUT2D eigenvalue weighted by Gasteiger charge is -2.12. The van der Waals surface area contributed by atoms with Gasteiger partial charge in [-0.3, -0.25) is 0 Å². The smallest absolute Gasteiger partial charge is 0.0518 e. The molecule has 0 heterocycles. The van der Waals surface area contributed by atoms with E-state index in [1.165, 1.54) is 0 Å². The van der Waals surface area contributed by atoms with Crippen LogP contribution < -0.4 is 0 Å². The molecule has 11 heavy (non-hydrogen) atoms. The number of aliphatic hydroxyl groups is 1. The molecule has 1 unspecified atom stereocenters. The van der Waals surface area contributed by atoms with Crippen molar-refractivity contribution in [3.05, 3.63) is 0 Å². The minimum absolute atomic E-state index is 0.290. The summed E-state index contributed by atoms with van der Waals surface area (Å²) >= 11 is 0. The fourth-order valence-corrected chi connectivity index (χ4v) is 0.895. The van der Waals surface area contributed by atoms with Crippen LogP contribution in [0.5, 0.6) is 0 Å². The third kappa shape index (κ3) is 6.32. The van der Waals surface area contributed by atoms with Crippen molar-refractivity contribution in [1.82, 2.24) is 0 Å². The SMILES string of the molecule is CCC(CO)CCOC(C)C. The molecule has 1 N–H and O–H groups in total. The van der Waals surface area contributed by atoms with E-state index in [-0.39, 0.29) is 6.61 Å². The van der Waals surface area contributed by atoms with Crippen molar-refractivity contribution in [3.63, 3.8) is 0 Å². The first kappa shape index (κ1) is 10.9. The van der Waals surface area contributed by atoms with Gasteiger partial charge in [0.25, 0.3) is 0 Å². The van der Waals surface area contributed by atoms with E-state index in [1.54, 1.807) is 0 Å². The van der Waals surface area contributed by atoms with E-state index in [1.807, 2.05) is 13.8 Å². The van der Waals surface area contributed by atoms with Gasteiger partial charge in [0, 0.05) is 13.2 Å². The Labute approximate surface area is 69.6 Å². The van der Waals surface area contributed by atoms with Crippen LogP contribution in [-0.4, -0.2) is 24.4 Å². The van der Waals surface area contributed by atoms with Crippen LogP contribution >= 0.6 is 0 Å². The van der Waals surface area contributed by atoms with Crippen molar-refractivity contribution in [1.29, 1.82) is 0 Å². The molecule has 68 valence electrons.